The quantitative estimate of drug-likeness (QED) is 0.560. The number of fused-ring (bicyclic) bond motifs is 2. The molecule has 1 aliphatic heterocycles. The summed E-state index contributed by atoms with van der Waals surface area (Å²) >= 11 is 0. The van der Waals surface area contributed by atoms with Crippen molar-refractivity contribution >= 4 is 16.9 Å². The van der Waals surface area contributed by atoms with Gasteiger partial charge in [0.1, 0.15) is 18.7 Å². The van der Waals surface area contributed by atoms with E-state index in [9.17, 15) is 9.59 Å². The zero-order valence-corrected chi connectivity index (χ0v) is 16.4. The summed E-state index contributed by atoms with van der Waals surface area (Å²) in [5.41, 5.74) is 5.65. The van der Waals surface area contributed by atoms with Crippen molar-refractivity contribution in [3.8, 4) is 0 Å². The highest BCUT2D eigenvalue weighted by molar-refractivity contribution is 5.83. The Bertz CT molecular complexity index is 1120. The Morgan fingerprint density at radius 3 is 2.68 bits per heavy atom. The molecule has 28 heavy (non-hydrogen) atoms. The summed E-state index contributed by atoms with van der Waals surface area (Å²) in [6, 6.07) is 13.5. The molecule has 0 fully saturated rings. The maximum absolute atomic E-state index is 12.5. The highest BCUT2D eigenvalue weighted by atomic mass is 16.5. The van der Waals surface area contributed by atoms with E-state index in [-0.39, 0.29) is 17.6 Å². The first-order valence-corrected chi connectivity index (χ1v) is 9.50. The molecule has 0 saturated heterocycles. The number of rotatable bonds is 3. The van der Waals surface area contributed by atoms with Crippen molar-refractivity contribution in [1.29, 1.82) is 0 Å². The molecule has 1 aliphatic rings. The molecule has 5 heteroatoms. The molecular formula is C23H24NO4+. The number of carbonyl (C=O) groups is 1. The number of ether oxygens (including phenoxy) is 1. The lowest BCUT2D eigenvalue weighted by atomic mass is 9.93. The molecule has 5 nitrogen and oxygen atoms in total. The van der Waals surface area contributed by atoms with E-state index in [1.54, 1.807) is 6.07 Å². The van der Waals surface area contributed by atoms with Crippen LogP contribution in [0.15, 0.2) is 51.7 Å². The van der Waals surface area contributed by atoms with Gasteiger partial charge < -0.3 is 14.1 Å². The van der Waals surface area contributed by atoms with Crippen LogP contribution in [0, 0.1) is 13.8 Å². The number of aryl methyl sites for hydroxylation is 2. The van der Waals surface area contributed by atoms with Crippen molar-refractivity contribution in [3.63, 3.8) is 0 Å². The standard InChI is InChI=1S/C23H23NO4/c1-14-8-9-19-18(11-21(25)28-22(19)15(14)2)13-24-12-17-7-5-4-6-16(17)10-20(24)23(26)27-3/h4-9,11,20H,10,12-13H2,1-3H3/p+1/t20-/m1/s1. The third-order valence-corrected chi connectivity index (χ3v) is 5.87. The molecule has 2 aromatic carbocycles. The molecule has 0 amide bonds. The van der Waals surface area contributed by atoms with E-state index in [1.165, 1.54) is 18.2 Å². The van der Waals surface area contributed by atoms with Crippen LogP contribution >= 0.6 is 0 Å². The largest absolute Gasteiger partial charge is 0.465 e. The van der Waals surface area contributed by atoms with Crippen molar-refractivity contribution in [3.05, 3.63) is 80.7 Å². The summed E-state index contributed by atoms with van der Waals surface area (Å²) in [6.07, 6.45) is 0.635. The van der Waals surface area contributed by atoms with Gasteiger partial charge in [-0.25, -0.2) is 9.59 Å². The van der Waals surface area contributed by atoms with Crippen molar-refractivity contribution < 1.29 is 18.8 Å². The van der Waals surface area contributed by atoms with E-state index in [4.69, 9.17) is 9.15 Å². The maximum atomic E-state index is 12.5. The lowest BCUT2D eigenvalue weighted by Crippen LogP contribution is -3.15. The van der Waals surface area contributed by atoms with Gasteiger partial charge in [0.2, 0.25) is 0 Å². The molecular weight excluding hydrogens is 354 g/mol. The van der Waals surface area contributed by atoms with E-state index in [2.05, 4.69) is 12.1 Å². The Morgan fingerprint density at radius 1 is 1.18 bits per heavy atom. The first-order chi connectivity index (χ1) is 13.5. The fourth-order valence-corrected chi connectivity index (χ4v) is 4.15. The summed E-state index contributed by atoms with van der Waals surface area (Å²) < 4.78 is 10.6. The van der Waals surface area contributed by atoms with E-state index in [0.717, 1.165) is 27.0 Å². The van der Waals surface area contributed by atoms with Crippen LogP contribution in [0.1, 0.15) is 27.8 Å². The maximum Gasteiger partial charge on any atom is 0.365 e. The number of quaternary nitrogens is 1. The molecule has 0 radical (unpaired) electrons. The van der Waals surface area contributed by atoms with Crippen LogP contribution < -0.4 is 10.5 Å². The molecule has 2 atom stereocenters. The van der Waals surface area contributed by atoms with Crippen LogP contribution in [-0.2, 0) is 29.0 Å². The number of esters is 1. The zero-order chi connectivity index (χ0) is 19.8. The summed E-state index contributed by atoms with van der Waals surface area (Å²) in [4.78, 5) is 25.8. The predicted molar refractivity (Wildman–Crippen MR) is 106 cm³/mol. The summed E-state index contributed by atoms with van der Waals surface area (Å²) in [5.74, 6) is -0.219. The van der Waals surface area contributed by atoms with Crippen LogP contribution in [0.5, 0.6) is 0 Å². The highest BCUT2D eigenvalue weighted by Gasteiger charge is 2.36. The van der Waals surface area contributed by atoms with Crippen LogP contribution in [-0.4, -0.2) is 19.1 Å². The van der Waals surface area contributed by atoms with Crippen LogP contribution in [0.4, 0.5) is 0 Å². The van der Waals surface area contributed by atoms with Crippen molar-refractivity contribution in [2.45, 2.75) is 39.4 Å². The van der Waals surface area contributed by atoms with E-state index in [0.29, 0.717) is 25.1 Å². The van der Waals surface area contributed by atoms with Crippen LogP contribution in [0.2, 0.25) is 0 Å². The first kappa shape index (κ1) is 18.4. The average molecular weight is 378 g/mol. The Balaban J connectivity index is 1.78. The molecule has 1 N–H and O–H groups in total. The molecule has 3 aromatic rings. The SMILES string of the molecule is COC(=O)[C@H]1Cc2ccccc2C[NH+]1Cc1cc(=O)oc2c(C)c(C)ccc12. The van der Waals surface area contributed by atoms with Crippen molar-refractivity contribution in [2.24, 2.45) is 0 Å². The minimum absolute atomic E-state index is 0.219. The highest BCUT2D eigenvalue weighted by Crippen LogP contribution is 2.23. The van der Waals surface area contributed by atoms with Gasteiger partial charge in [0.25, 0.3) is 0 Å². The van der Waals surface area contributed by atoms with Crippen LogP contribution in [0.25, 0.3) is 11.0 Å². The molecule has 144 valence electrons. The van der Waals surface area contributed by atoms with E-state index < -0.39 is 0 Å². The molecule has 2 heterocycles. The minimum atomic E-state index is -0.359. The summed E-state index contributed by atoms with van der Waals surface area (Å²) in [7, 11) is 1.43. The van der Waals surface area contributed by atoms with E-state index in [1.807, 2.05) is 38.1 Å². The van der Waals surface area contributed by atoms with Crippen LogP contribution in [0.3, 0.4) is 0 Å². The fraction of sp³-hybridized carbons (Fsp3) is 0.304. The van der Waals surface area contributed by atoms with Gasteiger partial charge in [-0.2, -0.15) is 0 Å². The molecule has 0 bridgehead atoms. The third kappa shape index (κ3) is 3.22. The molecule has 0 saturated carbocycles. The smallest absolute Gasteiger partial charge is 0.365 e. The number of carbonyl (C=O) groups excluding carboxylic acids is 1. The Hall–Kier alpha value is -2.92. The van der Waals surface area contributed by atoms with Gasteiger partial charge in [0.05, 0.1) is 7.11 Å². The van der Waals surface area contributed by atoms with Crippen molar-refractivity contribution in [2.75, 3.05) is 7.11 Å². The summed E-state index contributed by atoms with van der Waals surface area (Å²) in [5, 5.41) is 0.928. The molecule has 0 spiro atoms. The second-order valence-electron chi connectivity index (χ2n) is 7.54. The van der Waals surface area contributed by atoms with Gasteiger partial charge in [-0.3, -0.25) is 0 Å². The van der Waals surface area contributed by atoms with E-state index >= 15 is 0 Å². The molecule has 0 aliphatic carbocycles. The Morgan fingerprint density at radius 2 is 1.93 bits per heavy atom. The first-order valence-electron chi connectivity index (χ1n) is 9.50. The van der Waals surface area contributed by atoms with Gasteiger partial charge in [-0.1, -0.05) is 36.4 Å². The molecule has 1 aromatic heterocycles. The van der Waals surface area contributed by atoms with Crippen molar-refractivity contribution in [1.82, 2.24) is 0 Å². The topological polar surface area (TPSA) is 61.0 Å². The Labute approximate surface area is 163 Å². The van der Waals surface area contributed by atoms with Gasteiger partial charge in [-0.15, -0.1) is 0 Å². The second-order valence-corrected chi connectivity index (χ2v) is 7.54. The van der Waals surface area contributed by atoms with Gasteiger partial charge in [0.15, 0.2) is 6.04 Å². The Kier molecular flexibility index (Phi) is 4.77. The second kappa shape index (κ2) is 7.24. The number of hydrogen-bond donors (Lipinski definition) is 1. The van der Waals surface area contributed by atoms with Gasteiger partial charge >= 0.3 is 11.6 Å². The monoisotopic (exact) mass is 378 g/mol. The molecule has 1 unspecified atom stereocenters. The number of hydrogen-bond acceptors (Lipinski definition) is 4. The minimum Gasteiger partial charge on any atom is -0.465 e. The number of nitrogens with one attached hydrogen (secondary N) is 1. The normalized spacial score (nSPS) is 18.7. The van der Waals surface area contributed by atoms with Gasteiger partial charge in [-0.05, 0) is 30.5 Å². The zero-order valence-electron chi connectivity index (χ0n) is 16.4. The molecule has 4 rings (SSSR count). The fourth-order valence-electron chi connectivity index (χ4n) is 4.15. The predicted octanol–water partition coefficient (Wildman–Crippen LogP) is 2.09. The number of methoxy groups -OCH3 is 1. The summed E-state index contributed by atoms with van der Waals surface area (Å²) in [6.45, 7) is 5.23. The lowest BCUT2D eigenvalue weighted by molar-refractivity contribution is -0.945. The lowest BCUT2D eigenvalue weighted by Gasteiger charge is -2.32. The third-order valence-electron chi connectivity index (χ3n) is 5.87. The average Bonchev–Trinajstić information content (AvgIpc) is 2.70. The number of benzene rings is 2. The van der Waals surface area contributed by atoms with Gasteiger partial charge in [0, 0.05) is 29.0 Å².